The van der Waals surface area contributed by atoms with Crippen LogP contribution in [0.15, 0.2) is 68.7 Å². The molecule has 4 aromatic rings. The number of hydrogen-bond acceptors (Lipinski definition) is 11. The van der Waals surface area contributed by atoms with E-state index in [-0.39, 0.29) is 58.6 Å². The van der Waals surface area contributed by atoms with Gasteiger partial charge in [-0.05, 0) is 73.0 Å². The molecule has 1 saturated carbocycles. The van der Waals surface area contributed by atoms with Gasteiger partial charge in [0, 0.05) is 23.7 Å². The number of allylic oxidation sites excluding steroid dienone is 1. The highest BCUT2D eigenvalue weighted by Gasteiger charge is 2.45. The Labute approximate surface area is 274 Å². The fourth-order valence-electron chi connectivity index (χ4n) is 5.31. The van der Waals surface area contributed by atoms with E-state index in [4.69, 9.17) is 32.8 Å². The largest absolute Gasteiger partial charge is 0.496 e. The molecule has 0 spiro atoms. The topological polar surface area (TPSA) is 123 Å². The Bertz CT molecular complexity index is 1950. The van der Waals surface area contributed by atoms with Crippen LogP contribution >= 0.6 is 11.8 Å². The summed E-state index contributed by atoms with van der Waals surface area (Å²) in [7, 11) is 6.02. The fraction of sp³-hybridized carbons (Fsp3) is 0.286. The zero-order valence-electron chi connectivity index (χ0n) is 26.5. The summed E-state index contributed by atoms with van der Waals surface area (Å²) in [6, 6.07) is 15.6. The first-order chi connectivity index (χ1) is 22.8. The lowest BCUT2D eigenvalue weighted by Crippen LogP contribution is -2.30. The van der Waals surface area contributed by atoms with Crippen LogP contribution in [-0.4, -0.2) is 63.7 Å². The third-order valence-corrected chi connectivity index (χ3v) is 8.99. The zero-order valence-corrected chi connectivity index (χ0v) is 27.4. The minimum atomic E-state index is -0.429. The van der Waals surface area contributed by atoms with Gasteiger partial charge in [0.25, 0.3) is 11.1 Å². The van der Waals surface area contributed by atoms with Crippen LogP contribution in [0, 0.1) is 0 Å². The molecular weight excluding hydrogens is 626 g/mol. The summed E-state index contributed by atoms with van der Waals surface area (Å²) in [6.07, 6.45) is 1.74. The molecule has 2 fully saturated rings. The Morgan fingerprint density at radius 3 is 2.17 bits per heavy atom. The lowest BCUT2D eigenvalue weighted by Gasteiger charge is -2.15. The summed E-state index contributed by atoms with van der Waals surface area (Å²) in [5, 5.41) is -0.00547. The molecule has 1 aliphatic heterocycles. The predicted octanol–water partition coefficient (Wildman–Crippen LogP) is 6.54. The molecule has 1 aromatic heterocycles. The van der Waals surface area contributed by atoms with E-state index in [0.717, 1.165) is 35.7 Å². The molecule has 1 saturated heterocycles. The summed E-state index contributed by atoms with van der Waals surface area (Å²) in [4.78, 5) is 40.9. The Morgan fingerprint density at radius 2 is 1.51 bits per heavy atom. The van der Waals surface area contributed by atoms with Crippen molar-refractivity contribution in [2.24, 2.45) is 0 Å². The van der Waals surface area contributed by atoms with Gasteiger partial charge in [0.1, 0.15) is 41.4 Å². The Hall–Kier alpha value is -5.10. The highest BCUT2D eigenvalue weighted by atomic mass is 32.2. The van der Waals surface area contributed by atoms with E-state index in [1.54, 1.807) is 42.5 Å². The van der Waals surface area contributed by atoms with E-state index in [1.807, 2.05) is 19.1 Å². The second-order valence-corrected chi connectivity index (χ2v) is 11.8. The van der Waals surface area contributed by atoms with Crippen LogP contribution in [0.5, 0.6) is 34.5 Å². The molecule has 12 heteroatoms. The molecule has 0 unspecified atom stereocenters. The number of hydrogen-bond donors (Lipinski definition) is 0. The van der Waals surface area contributed by atoms with Gasteiger partial charge in [-0.25, -0.2) is 0 Å². The number of carbonyl (C=O) groups is 2. The number of rotatable bonds is 12. The summed E-state index contributed by atoms with van der Waals surface area (Å²) >= 11 is 0.990. The molecule has 47 heavy (non-hydrogen) atoms. The number of nitrogens with zero attached hydrogens (tertiary/aromatic N) is 1. The average Bonchev–Trinajstić information content (AvgIpc) is 3.89. The normalized spacial score (nSPS) is 15.6. The molecule has 0 N–H and O–H groups in total. The maximum atomic E-state index is 13.9. The summed E-state index contributed by atoms with van der Waals surface area (Å²) < 4.78 is 39.9. The van der Waals surface area contributed by atoms with Crippen LogP contribution in [0.25, 0.3) is 27.9 Å². The van der Waals surface area contributed by atoms with Crippen molar-refractivity contribution in [2.45, 2.75) is 25.8 Å². The zero-order chi connectivity index (χ0) is 33.2. The van der Waals surface area contributed by atoms with Gasteiger partial charge in [-0.3, -0.25) is 19.3 Å². The van der Waals surface area contributed by atoms with Gasteiger partial charge in [0.05, 0.1) is 33.3 Å². The first kappa shape index (κ1) is 31.9. The smallest absolute Gasteiger partial charge is 0.293 e. The molecule has 3 aromatic carbocycles. The Balaban J connectivity index is 1.23. The maximum Gasteiger partial charge on any atom is 0.293 e. The number of amides is 2. The van der Waals surface area contributed by atoms with Gasteiger partial charge < -0.3 is 32.8 Å². The second-order valence-electron chi connectivity index (χ2n) is 10.8. The van der Waals surface area contributed by atoms with E-state index < -0.39 is 5.43 Å². The van der Waals surface area contributed by atoms with E-state index in [0.29, 0.717) is 33.5 Å². The SMILES string of the molecule is COc1cc(OC)c2c(=O)c(OCCOc3ccc(/C(C)=C4\SC(=O)N(C5CC5)C4=O)cc3)c(-c3ccc(OC)c(OC)c3)oc2c1. The number of methoxy groups -OCH3 is 4. The second kappa shape index (κ2) is 13.3. The standard InChI is InChI=1S/C35H33NO10S/c1-19(33-34(38)36(22-9-10-22)35(39)47-33)20-6-11-23(12-7-20)44-14-15-45-32-30(37)29-27(43-5)17-24(40-2)18-28(29)46-31(32)21-8-13-25(41-3)26(16-21)42-4/h6-8,11-13,16-18,22H,9-10,14-15H2,1-5H3/b33-19-. The van der Waals surface area contributed by atoms with Crippen molar-refractivity contribution in [2.75, 3.05) is 41.7 Å². The van der Waals surface area contributed by atoms with E-state index in [9.17, 15) is 14.4 Å². The molecule has 6 rings (SSSR count). The van der Waals surface area contributed by atoms with Crippen molar-refractivity contribution in [3.8, 4) is 45.8 Å². The average molecular weight is 660 g/mol. The number of imide groups is 1. The summed E-state index contributed by atoms with van der Waals surface area (Å²) in [5.74, 6) is 2.20. The Kier molecular flexibility index (Phi) is 9.04. The maximum absolute atomic E-state index is 13.9. The van der Waals surface area contributed by atoms with Crippen molar-refractivity contribution in [3.63, 3.8) is 0 Å². The highest BCUT2D eigenvalue weighted by molar-refractivity contribution is 8.18. The number of fused-ring (bicyclic) bond motifs is 1. The number of thioether (sulfide) groups is 1. The van der Waals surface area contributed by atoms with Crippen LogP contribution in [0.4, 0.5) is 4.79 Å². The quantitative estimate of drug-likeness (QED) is 0.122. The van der Waals surface area contributed by atoms with Gasteiger partial charge >= 0.3 is 0 Å². The summed E-state index contributed by atoms with van der Waals surface area (Å²) in [6.45, 7) is 1.97. The third kappa shape index (κ3) is 6.20. The minimum Gasteiger partial charge on any atom is -0.496 e. The summed E-state index contributed by atoms with van der Waals surface area (Å²) in [5.41, 5.74) is 1.91. The molecule has 0 radical (unpaired) electrons. The van der Waals surface area contributed by atoms with Gasteiger partial charge in [-0.2, -0.15) is 0 Å². The molecule has 2 heterocycles. The number of carbonyl (C=O) groups excluding carboxylic acids is 2. The lowest BCUT2D eigenvalue weighted by molar-refractivity contribution is -0.123. The van der Waals surface area contributed by atoms with Crippen LogP contribution in [0.3, 0.4) is 0 Å². The number of benzene rings is 3. The molecule has 2 amide bonds. The van der Waals surface area contributed by atoms with Crippen molar-refractivity contribution in [1.29, 1.82) is 0 Å². The van der Waals surface area contributed by atoms with Gasteiger partial charge in [-0.15, -0.1) is 0 Å². The van der Waals surface area contributed by atoms with Crippen LogP contribution in [0.2, 0.25) is 0 Å². The third-order valence-electron chi connectivity index (χ3n) is 7.93. The van der Waals surface area contributed by atoms with E-state index in [2.05, 4.69) is 0 Å². The van der Waals surface area contributed by atoms with Crippen molar-refractivity contribution < 1.29 is 42.4 Å². The van der Waals surface area contributed by atoms with Gasteiger partial charge in [-0.1, -0.05) is 12.1 Å². The highest BCUT2D eigenvalue weighted by Crippen LogP contribution is 2.42. The molecule has 244 valence electrons. The minimum absolute atomic E-state index is 0.0180. The monoisotopic (exact) mass is 659 g/mol. The predicted molar refractivity (Wildman–Crippen MR) is 177 cm³/mol. The van der Waals surface area contributed by atoms with Crippen LogP contribution in [-0.2, 0) is 4.79 Å². The van der Waals surface area contributed by atoms with Crippen LogP contribution < -0.4 is 33.8 Å². The molecular formula is C35H33NO10S. The molecule has 0 atom stereocenters. The molecule has 11 nitrogen and oxygen atoms in total. The van der Waals surface area contributed by atoms with Crippen molar-refractivity contribution in [1.82, 2.24) is 4.90 Å². The van der Waals surface area contributed by atoms with Crippen molar-refractivity contribution in [3.05, 3.63) is 75.3 Å². The first-order valence-corrected chi connectivity index (χ1v) is 15.7. The lowest BCUT2D eigenvalue weighted by atomic mass is 10.1. The molecule has 2 aliphatic rings. The fourth-order valence-corrected chi connectivity index (χ4v) is 6.27. The number of ether oxygens (including phenoxy) is 6. The van der Waals surface area contributed by atoms with Gasteiger partial charge in [0.2, 0.25) is 11.2 Å². The molecule has 0 bridgehead atoms. The van der Waals surface area contributed by atoms with E-state index in [1.165, 1.54) is 33.3 Å². The van der Waals surface area contributed by atoms with Crippen LogP contribution in [0.1, 0.15) is 25.3 Å². The molecule has 1 aliphatic carbocycles. The van der Waals surface area contributed by atoms with Crippen molar-refractivity contribution >= 4 is 39.5 Å². The van der Waals surface area contributed by atoms with Gasteiger partial charge in [0.15, 0.2) is 17.3 Å². The van der Waals surface area contributed by atoms with E-state index >= 15 is 0 Å². The first-order valence-electron chi connectivity index (χ1n) is 14.8. The Morgan fingerprint density at radius 1 is 0.809 bits per heavy atom.